The molecular weight excluding hydrogens is 582 g/mol. The van der Waals surface area contributed by atoms with Crippen molar-refractivity contribution in [3.05, 3.63) is 84.8 Å². The number of amides is 2. The van der Waals surface area contributed by atoms with Gasteiger partial charge in [0, 0.05) is 44.8 Å². The zero-order valence-electron chi connectivity index (χ0n) is 26.4. The van der Waals surface area contributed by atoms with Crippen molar-refractivity contribution in [3.63, 3.8) is 0 Å². The number of piperazine rings is 1. The molecule has 0 unspecified atom stereocenters. The standard InChI is InChI=1S/C36H43N5O5/c1-44-21-22-46-36(43)39-31-13-7-8-14-32(31)41-25-38-33(34(41)27-10-3-2-4-11-27)35(42)40-19-18-37-24-29(40)17-20-45-30-16-15-26-9-5-6-12-28(26)23-30/h2-6,9-12,15-16,23,25,29,31-32,37H,7-8,13-14,17-22,24H2,1H3,(H,39,43)/t29-,31+,32+/m1/s1. The molecule has 3 atom stereocenters. The van der Waals surface area contributed by atoms with Gasteiger partial charge in [0.1, 0.15) is 12.4 Å². The van der Waals surface area contributed by atoms with Gasteiger partial charge in [0.25, 0.3) is 5.91 Å². The van der Waals surface area contributed by atoms with Gasteiger partial charge in [-0.2, -0.15) is 0 Å². The van der Waals surface area contributed by atoms with E-state index < -0.39 is 6.09 Å². The van der Waals surface area contributed by atoms with Crippen molar-refractivity contribution in [3.8, 4) is 17.0 Å². The van der Waals surface area contributed by atoms with E-state index in [4.69, 9.17) is 19.2 Å². The molecule has 10 nitrogen and oxygen atoms in total. The van der Waals surface area contributed by atoms with Crippen LogP contribution in [-0.4, -0.2) is 85.1 Å². The van der Waals surface area contributed by atoms with Gasteiger partial charge < -0.3 is 34.3 Å². The lowest BCUT2D eigenvalue weighted by Gasteiger charge is -2.36. The molecule has 0 bridgehead atoms. The molecule has 1 aliphatic carbocycles. The predicted molar refractivity (Wildman–Crippen MR) is 177 cm³/mol. The molecule has 1 saturated heterocycles. The van der Waals surface area contributed by atoms with Crippen LogP contribution < -0.4 is 15.4 Å². The first kappa shape index (κ1) is 31.6. The van der Waals surface area contributed by atoms with E-state index in [1.807, 2.05) is 53.4 Å². The van der Waals surface area contributed by atoms with Crippen LogP contribution in [0.25, 0.3) is 22.0 Å². The second kappa shape index (κ2) is 15.2. The van der Waals surface area contributed by atoms with E-state index in [1.54, 1.807) is 13.4 Å². The zero-order chi connectivity index (χ0) is 31.7. The Kier molecular flexibility index (Phi) is 10.5. The average molecular weight is 626 g/mol. The van der Waals surface area contributed by atoms with Gasteiger partial charge in [-0.25, -0.2) is 9.78 Å². The Morgan fingerprint density at radius 1 is 0.957 bits per heavy atom. The molecule has 2 heterocycles. The Labute approximate surface area is 270 Å². The summed E-state index contributed by atoms with van der Waals surface area (Å²) in [6.07, 6.45) is 5.70. The van der Waals surface area contributed by atoms with Gasteiger partial charge in [-0.3, -0.25) is 4.79 Å². The minimum Gasteiger partial charge on any atom is -0.493 e. The van der Waals surface area contributed by atoms with E-state index in [2.05, 4.69) is 39.5 Å². The molecule has 10 heteroatoms. The van der Waals surface area contributed by atoms with Crippen LogP contribution in [0.2, 0.25) is 0 Å². The number of methoxy groups -OCH3 is 1. The fourth-order valence-electron chi connectivity index (χ4n) is 6.67. The van der Waals surface area contributed by atoms with Crippen molar-refractivity contribution < 1.29 is 23.8 Å². The lowest BCUT2D eigenvalue weighted by atomic mass is 9.89. The van der Waals surface area contributed by atoms with Gasteiger partial charge in [-0.1, -0.05) is 73.5 Å². The van der Waals surface area contributed by atoms with Crippen LogP contribution in [0.5, 0.6) is 5.75 Å². The number of benzene rings is 3. The van der Waals surface area contributed by atoms with E-state index in [-0.39, 0.29) is 30.6 Å². The molecule has 1 aliphatic heterocycles. The number of carbonyl (C=O) groups excluding carboxylic acids is 2. The topological polar surface area (TPSA) is 107 Å². The van der Waals surface area contributed by atoms with Gasteiger partial charge in [-0.05, 0) is 35.7 Å². The first-order valence-electron chi connectivity index (χ1n) is 16.3. The van der Waals surface area contributed by atoms with Gasteiger partial charge in [0.05, 0.1) is 37.3 Å². The van der Waals surface area contributed by atoms with Crippen molar-refractivity contribution in [2.75, 3.05) is 46.6 Å². The Morgan fingerprint density at radius 2 is 1.76 bits per heavy atom. The highest BCUT2D eigenvalue weighted by Crippen LogP contribution is 2.35. The first-order chi connectivity index (χ1) is 22.6. The third kappa shape index (κ3) is 7.35. The smallest absolute Gasteiger partial charge is 0.407 e. The normalized spacial score (nSPS) is 19.9. The van der Waals surface area contributed by atoms with E-state index in [0.717, 1.165) is 54.6 Å². The number of hydrogen-bond acceptors (Lipinski definition) is 7. The molecule has 0 radical (unpaired) electrons. The van der Waals surface area contributed by atoms with Crippen molar-refractivity contribution in [2.45, 2.75) is 50.2 Å². The van der Waals surface area contributed by atoms with Gasteiger partial charge in [0.2, 0.25) is 0 Å². The number of fused-ring (bicyclic) bond motifs is 1. The summed E-state index contributed by atoms with van der Waals surface area (Å²) < 4.78 is 18.6. The molecule has 2 fully saturated rings. The fourth-order valence-corrected chi connectivity index (χ4v) is 6.67. The molecule has 242 valence electrons. The van der Waals surface area contributed by atoms with Crippen LogP contribution in [0.4, 0.5) is 4.79 Å². The average Bonchev–Trinajstić information content (AvgIpc) is 3.54. The Balaban J connectivity index is 1.21. The number of ether oxygens (including phenoxy) is 3. The fraction of sp³-hybridized carbons (Fsp3) is 0.417. The number of alkyl carbamates (subject to hydrolysis) is 1. The van der Waals surface area contributed by atoms with E-state index >= 15 is 0 Å². The largest absolute Gasteiger partial charge is 0.493 e. The zero-order valence-corrected chi connectivity index (χ0v) is 26.4. The molecule has 1 aromatic heterocycles. The number of rotatable bonds is 11. The summed E-state index contributed by atoms with van der Waals surface area (Å²) >= 11 is 0. The Morgan fingerprint density at radius 3 is 2.61 bits per heavy atom. The number of nitrogens with zero attached hydrogens (tertiary/aromatic N) is 3. The number of hydrogen-bond donors (Lipinski definition) is 2. The van der Waals surface area contributed by atoms with Gasteiger partial charge >= 0.3 is 6.09 Å². The summed E-state index contributed by atoms with van der Waals surface area (Å²) in [5.41, 5.74) is 2.13. The molecule has 6 rings (SSSR count). The summed E-state index contributed by atoms with van der Waals surface area (Å²) in [7, 11) is 1.57. The van der Waals surface area contributed by atoms with Crippen molar-refractivity contribution in [1.82, 2.24) is 25.1 Å². The minimum absolute atomic E-state index is 0.0403. The quantitative estimate of drug-likeness (QED) is 0.214. The van der Waals surface area contributed by atoms with Crippen LogP contribution in [0.1, 0.15) is 48.6 Å². The van der Waals surface area contributed by atoms with Crippen LogP contribution >= 0.6 is 0 Å². The predicted octanol–water partition coefficient (Wildman–Crippen LogP) is 5.44. The Hall–Kier alpha value is -4.41. The SMILES string of the molecule is COCCOC(=O)N[C@H]1CCCC[C@@H]1n1cnc(C(=O)N2CCNC[C@H]2CCOc2ccc3ccccc3c2)c1-c1ccccc1. The highest BCUT2D eigenvalue weighted by molar-refractivity contribution is 5.98. The van der Waals surface area contributed by atoms with Crippen LogP contribution in [0.3, 0.4) is 0 Å². The second-order valence-corrected chi connectivity index (χ2v) is 11.9. The Bertz CT molecular complexity index is 1610. The van der Waals surface area contributed by atoms with Crippen LogP contribution in [-0.2, 0) is 9.47 Å². The number of aromatic nitrogens is 2. The number of carbonyl (C=O) groups is 2. The molecule has 0 spiro atoms. The second-order valence-electron chi connectivity index (χ2n) is 11.9. The third-order valence-corrected chi connectivity index (χ3v) is 9.01. The summed E-state index contributed by atoms with van der Waals surface area (Å²) in [5.74, 6) is 0.734. The highest BCUT2D eigenvalue weighted by Gasteiger charge is 2.35. The minimum atomic E-state index is -0.457. The molecule has 2 N–H and O–H groups in total. The van der Waals surface area contributed by atoms with Crippen molar-refractivity contribution in [1.29, 1.82) is 0 Å². The molecule has 46 heavy (non-hydrogen) atoms. The lowest BCUT2D eigenvalue weighted by molar-refractivity contribution is 0.0601. The van der Waals surface area contributed by atoms with E-state index in [9.17, 15) is 9.59 Å². The van der Waals surface area contributed by atoms with Crippen LogP contribution in [0.15, 0.2) is 79.1 Å². The van der Waals surface area contributed by atoms with Crippen LogP contribution in [0, 0.1) is 0 Å². The highest BCUT2D eigenvalue weighted by atomic mass is 16.6. The molecular formula is C36H43N5O5. The van der Waals surface area contributed by atoms with Crippen molar-refractivity contribution in [2.24, 2.45) is 0 Å². The molecule has 2 aliphatic rings. The lowest BCUT2D eigenvalue weighted by Crippen LogP contribution is -2.54. The van der Waals surface area contributed by atoms with E-state index in [1.165, 1.54) is 5.39 Å². The maximum absolute atomic E-state index is 14.4. The maximum Gasteiger partial charge on any atom is 0.407 e. The molecule has 4 aromatic rings. The summed E-state index contributed by atoms with van der Waals surface area (Å²) in [5, 5.41) is 8.84. The van der Waals surface area contributed by atoms with Gasteiger partial charge in [0.15, 0.2) is 5.69 Å². The molecule has 3 aromatic carbocycles. The molecule has 2 amide bonds. The van der Waals surface area contributed by atoms with Crippen molar-refractivity contribution >= 4 is 22.8 Å². The summed E-state index contributed by atoms with van der Waals surface area (Å²) in [6, 6.07) is 24.0. The third-order valence-electron chi connectivity index (χ3n) is 9.01. The summed E-state index contributed by atoms with van der Waals surface area (Å²) in [4.78, 5) is 33.7. The number of nitrogens with one attached hydrogen (secondary N) is 2. The maximum atomic E-state index is 14.4. The summed E-state index contributed by atoms with van der Waals surface area (Å²) in [6.45, 7) is 3.02. The first-order valence-corrected chi connectivity index (χ1v) is 16.3. The monoisotopic (exact) mass is 625 g/mol. The molecule has 1 saturated carbocycles. The van der Waals surface area contributed by atoms with E-state index in [0.29, 0.717) is 38.4 Å². The number of imidazole rings is 1. The van der Waals surface area contributed by atoms with Gasteiger partial charge in [-0.15, -0.1) is 0 Å².